The van der Waals surface area contributed by atoms with Crippen LogP contribution in [0.4, 0.5) is 0 Å². The first-order chi connectivity index (χ1) is 9.74. The topological polar surface area (TPSA) is 34.2 Å². The minimum atomic E-state index is 0.362. The van der Waals surface area contributed by atoms with Crippen LogP contribution in [0.5, 0.6) is 0 Å². The Labute approximate surface area is 127 Å². The fourth-order valence-electron chi connectivity index (χ4n) is 2.78. The molecule has 106 valence electrons. The maximum absolute atomic E-state index is 5.59. The molecule has 1 N–H and O–H groups in total. The van der Waals surface area contributed by atoms with Gasteiger partial charge >= 0.3 is 0 Å². The van der Waals surface area contributed by atoms with E-state index in [9.17, 15) is 0 Å². The lowest BCUT2D eigenvalue weighted by molar-refractivity contribution is 0.0130. The summed E-state index contributed by atoms with van der Waals surface area (Å²) in [5, 5.41) is 4.82. The molecule has 2 heterocycles. The minimum absolute atomic E-state index is 0.362. The average Bonchev–Trinajstić information content (AvgIpc) is 2.47. The SMILES string of the molecule is CC1CC(NCc2ccc(Br)c3cccnc23)CCO1. The summed E-state index contributed by atoms with van der Waals surface area (Å²) in [6.45, 7) is 3.86. The molecule has 2 atom stereocenters. The molecule has 2 aromatic rings. The van der Waals surface area contributed by atoms with E-state index in [0.29, 0.717) is 12.1 Å². The van der Waals surface area contributed by atoms with Gasteiger partial charge in [0.2, 0.25) is 0 Å². The van der Waals surface area contributed by atoms with Gasteiger partial charge in [-0.05, 0) is 37.5 Å². The molecule has 20 heavy (non-hydrogen) atoms. The lowest BCUT2D eigenvalue weighted by Gasteiger charge is -2.28. The summed E-state index contributed by atoms with van der Waals surface area (Å²) in [4.78, 5) is 4.53. The predicted molar refractivity (Wildman–Crippen MR) is 84.7 cm³/mol. The van der Waals surface area contributed by atoms with E-state index >= 15 is 0 Å². The third-order valence-corrected chi connectivity index (χ3v) is 4.56. The molecule has 4 heteroatoms. The van der Waals surface area contributed by atoms with Gasteiger partial charge in [-0.25, -0.2) is 0 Å². The van der Waals surface area contributed by atoms with E-state index < -0.39 is 0 Å². The second kappa shape index (κ2) is 6.20. The Morgan fingerprint density at radius 1 is 1.40 bits per heavy atom. The molecule has 3 rings (SSSR count). The zero-order valence-corrected chi connectivity index (χ0v) is 13.2. The Morgan fingerprint density at radius 2 is 2.30 bits per heavy atom. The number of rotatable bonds is 3. The molecule has 2 unspecified atom stereocenters. The highest BCUT2D eigenvalue weighted by Crippen LogP contribution is 2.25. The van der Waals surface area contributed by atoms with E-state index in [1.807, 2.05) is 12.3 Å². The predicted octanol–water partition coefficient (Wildman–Crippen LogP) is 3.65. The second-order valence-corrected chi connectivity index (χ2v) is 6.24. The Morgan fingerprint density at radius 3 is 3.15 bits per heavy atom. The maximum atomic E-state index is 5.59. The third kappa shape index (κ3) is 3.03. The van der Waals surface area contributed by atoms with Crippen molar-refractivity contribution in [3.63, 3.8) is 0 Å². The van der Waals surface area contributed by atoms with Gasteiger partial charge < -0.3 is 10.1 Å². The quantitative estimate of drug-likeness (QED) is 0.930. The number of ether oxygens (including phenoxy) is 1. The van der Waals surface area contributed by atoms with Crippen LogP contribution in [0.2, 0.25) is 0 Å². The van der Waals surface area contributed by atoms with Crippen LogP contribution in [0, 0.1) is 0 Å². The van der Waals surface area contributed by atoms with Crippen LogP contribution in [0.15, 0.2) is 34.9 Å². The fraction of sp³-hybridized carbons (Fsp3) is 0.438. The molecule has 1 aliphatic heterocycles. The molecule has 0 bridgehead atoms. The average molecular weight is 335 g/mol. The lowest BCUT2D eigenvalue weighted by Crippen LogP contribution is -2.37. The van der Waals surface area contributed by atoms with Crippen molar-refractivity contribution in [3.05, 3.63) is 40.5 Å². The zero-order valence-electron chi connectivity index (χ0n) is 11.6. The number of hydrogen-bond donors (Lipinski definition) is 1. The molecule has 1 aromatic heterocycles. The van der Waals surface area contributed by atoms with Crippen LogP contribution < -0.4 is 5.32 Å². The zero-order chi connectivity index (χ0) is 13.9. The highest BCUT2D eigenvalue weighted by Gasteiger charge is 2.19. The van der Waals surface area contributed by atoms with E-state index in [2.05, 4.69) is 51.4 Å². The normalized spacial score (nSPS) is 23.1. The monoisotopic (exact) mass is 334 g/mol. The van der Waals surface area contributed by atoms with E-state index in [1.165, 1.54) is 10.9 Å². The Kier molecular flexibility index (Phi) is 4.34. The summed E-state index contributed by atoms with van der Waals surface area (Å²) in [6, 6.07) is 8.88. The summed E-state index contributed by atoms with van der Waals surface area (Å²) in [5.74, 6) is 0. The van der Waals surface area contributed by atoms with Crippen molar-refractivity contribution >= 4 is 26.8 Å². The summed E-state index contributed by atoms with van der Waals surface area (Å²) >= 11 is 3.59. The maximum Gasteiger partial charge on any atom is 0.0758 e. The van der Waals surface area contributed by atoms with Crippen molar-refractivity contribution in [3.8, 4) is 0 Å². The molecule has 0 spiro atoms. The summed E-state index contributed by atoms with van der Waals surface area (Å²) in [7, 11) is 0. The van der Waals surface area contributed by atoms with Crippen LogP contribution in [-0.4, -0.2) is 23.7 Å². The van der Waals surface area contributed by atoms with Crippen LogP contribution in [-0.2, 0) is 11.3 Å². The Hall–Kier alpha value is -0.970. The van der Waals surface area contributed by atoms with Crippen LogP contribution in [0.25, 0.3) is 10.9 Å². The Bertz CT molecular complexity index is 602. The Balaban J connectivity index is 1.76. The number of nitrogens with one attached hydrogen (secondary N) is 1. The van der Waals surface area contributed by atoms with E-state index in [1.54, 1.807) is 0 Å². The molecular weight excluding hydrogens is 316 g/mol. The molecule has 1 fully saturated rings. The number of aromatic nitrogens is 1. The molecule has 1 saturated heterocycles. The van der Waals surface area contributed by atoms with Crippen LogP contribution in [0.3, 0.4) is 0 Å². The van der Waals surface area contributed by atoms with Crippen molar-refractivity contribution in [2.24, 2.45) is 0 Å². The standard InChI is InChI=1S/C16H19BrN2O/c1-11-9-13(6-8-20-11)19-10-12-4-5-15(17)14-3-2-7-18-16(12)14/h2-5,7,11,13,19H,6,8-10H2,1H3. The van der Waals surface area contributed by atoms with Crippen molar-refractivity contribution in [2.75, 3.05) is 6.61 Å². The number of nitrogens with zero attached hydrogens (tertiary/aromatic N) is 1. The molecule has 0 radical (unpaired) electrons. The van der Waals surface area contributed by atoms with Crippen LogP contribution >= 0.6 is 15.9 Å². The number of fused-ring (bicyclic) bond motifs is 1. The number of halogens is 1. The molecule has 0 saturated carbocycles. The molecule has 1 aromatic carbocycles. The van der Waals surface area contributed by atoms with Gasteiger partial charge in [0.1, 0.15) is 0 Å². The molecule has 3 nitrogen and oxygen atoms in total. The van der Waals surface area contributed by atoms with Gasteiger partial charge in [-0.3, -0.25) is 4.98 Å². The largest absolute Gasteiger partial charge is 0.378 e. The molecule has 0 aliphatic carbocycles. The number of hydrogen-bond acceptors (Lipinski definition) is 3. The highest BCUT2D eigenvalue weighted by atomic mass is 79.9. The van der Waals surface area contributed by atoms with Gasteiger partial charge in [-0.2, -0.15) is 0 Å². The van der Waals surface area contributed by atoms with Crippen LogP contribution in [0.1, 0.15) is 25.3 Å². The first-order valence-electron chi connectivity index (χ1n) is 7.11. The van der Waals surface area contributed by atoms with E-state index in [-0.39, 0.29) is 0 Å². The van der Waals surface area contributed by atoms with Gasteiger partial charge in [0.05, 0.1) is 11.6 Å². The second-order valence-electron chi connectivity index (χ2n) is 5.39. The van der Waals surface area contributed by atoms with Crippen molar-refractivity contribution in [1.82, 2.24) is 10.3 Å². The fourth-order valence-corrected chi connectivity index (χ4v) is 3.23. The lowest BCUT2D eigenvalue weighted by atomic mass is 10.0. The van der Waals surface area contributed by atoms with Gasteiger partial charge in [-0.1, -0.05) is 28.1 Å². The van der Waals surface area contributed by atoms with Crippen molar-refractivity contribution < 1.29 is 4.74 Å². The highest BCUT2D eigenvalue weighted by molar-refractivity contribution is 9.10. The van der Waals surface area contributed by atoms with Gasteiger partial charge in [-0.15, -0.1) is 0 Å². The summed E-state index contributed by atoms with van der Waals surface area (Å²) < 4.78 is 6.69. The first-order valence-corrected chi connectivity index (χ1v) is 7.90. The van der Waals surface area contributed by atoms with Gasteiger partial charge in [0.15, 0.2) is 0 Å². The molecule has 0 amide bonds. The van der Waals surface area contributed by atoms with Gasteiger partial charge in [0.25, 0.3) is 0 Å². The number of benzene rings is 1. The summed E-state index contributed by atoms with van der Waals surface area (Å²) in [6.07, 6.45) is 4.39. The smallest absolute Gasteiger partial charge is 0.0758 e. The first kappa shape index (κ1) is 14.0. The molecule has 1 aliphatic rings. The van der Waals surface area contributed by atoms with E-state index in [4.69, 9.17) is 4.74 Å². The third-order valence-electron chi connectivity index (χ3n) is 3.87. The summed E-state index contributed by atoms with van der Waals surface area (Å²) in [5.41, 5.74) is 2.33. The minimum Gasteiger partial charge on any atom is -0.378 e. The van der Waals surface area contributed by atoms with Crippen molar-refractivity contribution in [2.45, 2.75) is 38.5 Å². The van der Waals surface area contributed by atoms with E-state index in [0.717, 1.165) is 36.0 Å². The van der Waals surface area contributed by atoms with Gasteiger partial charge in [0, 0.05) is 35.2 Å². The number of pyridine rings is 1. The molecular formula is C16H19BrN2O. The van der Waals surface area contributed by atoms with Crippen molar-refractivity contribution in [1.29, 1.82) is 0 Å².